The molecule has 2 aromatic rings. The van der Waals surface area contributed by atoms with Crippen LogP contribution < -0.4 is 0 Å². The highest BCUT2D eigenvalue weighted by molar-refractivity contribution is 5.85. The van der Waals surface area contributed by atoms with Crippen LogP contribution in [0.4, 0.5) is 0 Å². The van der Waals surface area contributed by atoms with Crippen LogP contribution >= 0.6 is 0 Å². The average Bonchev–Trinajstić information content (AvgIpc) is 2.66. The van der Waals surface area contributed by atoms with E-state index in [9.17, 15) is 0 Å². The Hall–Kier alpha value is -1.50. The van der Waals surface area contributed by atoms with Gasteiger partial charge in [0.25, 0.3) is 0 Å². The first kappa shape index (κ1) is 10.0. The second-order valence-electron chi connectivity index (χ2n) is 4.29. The second kappa shape index (κ2) is 3.93. The van der Waals surface area contributed by atoms with Gasteiger partial charge in [-0.15, -0.1) is 0 Å². The minimum absolute atomic E-state index is 1.01. The molecule has 0 radical (unpaired) electrons. The number of aromatic amines is 1. The number of H-pyrrole nitrogens is 1. The van der Waals surface area contributed by atoms with Gasteiger partial charge in [0, 0.05) is 17.1 Å². The van der Waals surface area contributed by atoms with E-state index < -0.39 is 0 Å². The van der Waals surface area contributed by atoms with Crippen molar-refractivity contribution in [2.45, 2.75) is 27.2 Å². The number of hydrogen-bond donors (Lipinski definition) is 1. The Bertz CT molecular complexity index is 499. The summed E-state index contributed by atoms with van der Waals surface area (Å²) < 4.78 is 0. The number of allylic oxidation sites excluding steroid dienone is 2. The molecule has 15 heavy (non-hydrogen) atoms. The molecule has 0 unspecified atom stereocenters. The van der Waals surface area contributed by atoms with Crippen LogP contribution in [0.25, 0.3) is 10.9 Å². The summed E-state index contributed by atoms with van der Waals surface area (Å²) in [7, 11) is 0. The van der Waals surface area contributed by atoms with E-state index in [2.05, 4.69) is 50.0 Å². The molecule has 0 fully saturated rings. The van der Waals surface area contributed by atoms with Crippen LogP contribution in [0, 0.1) is 6.92 Å². The molecule has 0 amide bonds. The highest BCUT2D eigenvalue weighted by Crippen LogP contribution is 2.21. The van der Waals surface area contributed by atoms with Gasteiger partial charge in [0.15, 0.2) is 0 Å². The molecule has 0 atom stereocenters. The lowest BCUT2D eigenvalue weighted by molar-refractivity contribution is 1.22. The predicted octanol–water partition coefficient (Wildman–Crippen LogP) is 3.99. The SMILES string of the molecule is CC(C)=CCc1ccc(C)c2cc[nH]c12. The number of fused-ring (bicyclic) bond motifs is 1. The zero-order valence-corrected chi connectivity index (χ0v) is 9.59. The normalized spacial score (nSPS) is 10.6. The van der Waals surface area contributed by atoms with E-state index in [0.29, 0.717) is 0 Å². The van der Waals surface area contributed by atoms with Crippen molar-refractivity contribution in [1.29, 1.82) is 0 Å². The Morgan fingerprint density at radius 2 is 2.07 bits per heavy atom. The first-order chi connectivity index (χ1) is 7.18. The standard InChI is InChI=1S/C14H17N/c1-10(2)4-6-12-7-5-11(3)13-8-9-15-14(12)13/h4-5,7-9,15H,6H2,1-3H3. The predicted molar refractivity (Wildman–Crippen MR) is 66.2 cm³/mol. The van der Waals surface area contributed by atoms with Gasteiger partial charge in [-0.2, -0.15) is 0 Å². The Morgan fingerprint density at radius 3 is 2.80 bits per heavy atom. The average molecular weight is 199 g/mol. The van der Waals surface area contributed by atoms with E-state index in [-0.39, 0.29) is 0 Å². The summed E-state index contributed by atoms with van der Waals surface area (Å²) in [5.74, 6) is 0. The number of aryl methyl sites for hydroxylation is 1. The van der Waals surface area contributed by atoms with Crippen LogP contribution in [0.2, 0.25) is 0 Å². The van der Waals surface area contributed by atoms with Gasteiger partial charge < -0.3 is 4.98 Å². The molecule has 0 aliphatic carbocycles. The zero-order chi connectivity index (χ0) is 10.8. The van der Waals surface area contributed by atoms with E-state index in [1.54, 1.807) is 0 Å². The first-order valence-electron chi connectivity index (χ1n) is 5.37. The summed E-state index contributed by atoms with van der Waals surface area (Å²) in [6.07, 6.45) is 5.30. The smallest absolute Gasteiger partial charge is 0.0492 e. The van der Waals surface area contributed by atoms with Gasteiger partial charge in [-0.3, -0.25) is 0 Å². The first-order valence-corrected chi connectivity index (χ1v) is 5.37. The van der Waals surface area contributed by atoms with E-state index in [0.717, 1.165) is 6.42 Å². The number of nitrogens with one attached hydrogen (secondary N) is 1. The van der Waals surface area contributed by atoms with Crippen molar-refractivity contribution >= 4 is 10.9 Å². The fourth-order valence-corrected chi connectivity index (χ4v) is 1.85. The quantitative estimate of drug-likeness (QED) is 0.704. The maximum atomic E-state index is 3.32. The van der Waals surface area contributed by atoms with Gasteiger partial charge in [-0.1, -0.05) is 23.8 Å². The molecule has 1 nitrogen and oxygen atoms in total. The maximum absolute atomic E-state index is 3.32. The van der Waals surface area contributed by atoms with E-state index in [1.165, 1.54) is 27.6 Å². The molecular formula is C14H17N. The van der Waals surface area contributed by atoms with Crippen LogP contribution in [0.3, 0.4) is 0 Å². The van der Waals surface area contributed by atoms with Crippen molar-refractivity contribution < 1.29 is 0 Å². The molecule has 78 valence electrons. The summed E-state index contributed by atoms with van der Waals surface area (Å²) in [5.41, 5.74) is 5.37. The van der Waals surface area contributed by atoms with Gasteiger partial charge >= 0.3 is 0 Å². The van der Waals surface area contributed by atoms with Crippen molar-refractivity contribution in [3.8, 4) is 0 Å². The van der Waals surface area contributed by atoms with Crippen molar-refractivity contribution in [2.75, 3.05) is 0 Å². The lowest BCUT2D eigenvalue weighted by Crippen LogP contribution is -1.86. The lowest BCUT2D eigenvalue weighted by Gasteiger charge is -2.03. The summed E-state index contributed by atoms with van der Waals surface area (Å²) in [5, 5.41) is 1.34. The van der Waals surface area contributed by atoms with Gasteiger partial charge in [0.1, 0.15) is 0 Å². The Kier molecular flexibility index (Phi) is 2.63. The maximum Gasteiger partial charge on any atom is 0.0492 e. The molecule has 1 aromatic heterocycles. The van der Waals surface area contributed by atoms with Crippen molar-refractivity contribution in [3.05, 3.63) is 47.2 Å². The largest absolute Gasteiger partial charge is 0.361 e. The molecule has 1 heteroatoms. The zero-order valence-electron chi connectivity index (χ0n) is 9.59. The molecule has 0 aliphatic rings. The van der Waals surface area contributed by atoms with Crippen LogP contribution in [-0.2, 0) is 6.42 Å². The van der Waals surface area contributed by atoms with Crippen LogP contribution in [0.15, 0.2) is 36.0 Å². The molecule has 0 aliphatic heterocycles. The monoisotopic (exact) mass is 199 g/mol. The minimum Gasteiger partial charge on any atom is -0.361 e. The summed E-state index contributed by atoms with van der Waals surface area (Å²) in [6, 6.07) is 6.56. The fourth-order valence-electron chi connectivity index (χ4n) is 1.85. The van der Waals surface area contributed by atoms with Crippen LogP contribution in [0.1, 0.15) is 25.0 Å². The summed E-state index contributed by atoms with van der Waals surface area (Å²) >= 11 is 0. The van der Waals surface area contributed by atoms with E-state index in [4.69, 9.17) is 0 Å². The highest BCUT2D eigenvalue weighted by Gasteiger charge is 2.02. The van der Waals surface area contributed by atoms with Gasteiger partial charge in [0.2, 0.25) is 0 Å². The number of hydrogen-bond acceptors (Lipinski definition) is 0. The summed E-state index contributed by atoms with van der Waals surface area (Å²) in [6.45, 7) is 6.43. The van der Waals surface area contributed by atoms with Crippen molar-refractivity contribution in [2.24, 2.45) is 0 Å². The molecular weight excluding hydrogens is 182 g/mol. The van der Waals surface area contributed by atoms with Crippen LogP contribution in [-0.4, -0.2) is 4.98 Å². The molecule has 1 heterocycles. The summed E-state index contributed by atoms with van der Waals surface area (Å²) in [4.78, 5) is 3.32. The second-order valence-corrected chi connectivity index (χ2v) is 4.29. The Morgan fingerprint density at radius 1 is 1.27 bits per heavy atom. The van der Waals surface area contributed by atoms with Crippen LogP contribution in [0.5, 0.6) is 0 Å². The molecule has 1 N–H and O–H groups in total. The molecule has 2 rings (SSSR count). The number of benzene rings is 1. The van der Waals surface area contributed by atoms with Gasteiger partial charge in [-0.05, 0) is 44.4 Å². The molecule has 0 bridgehead atoms. The molecule has 0 spiro atoms. The van der Waals surface area contributed by atoms with Gasteiger partial charge in [-0.25, -0.2) is 0 Å². The number of rotatable bonds is 2. The third-order valence-electron chi connectivity index (χ3n) is 2.76. The highest BCUT2D eigenvalue weighted by atomic mass is 14.7. The fraction of sp³-hybridized carbons (Fsp3) is 0.286. The third-order valence-corrected chi connectivity index (χ3v) is 2.76. The topological polar surface area (TPSA) is 15.8 Å². The van der Waals surface area contributed by atoms with E-state index >= 15 is 0 Å². The lowest BCUT2D eigenvalue weighted by atomic mass is 10.0. The van der Waals surface area contributed by atoms with Crippen molar-refractivity contribution in [3.63, 3.8) is 0 Å². The molecule has 1 aromatic carbocycles. The molecule has 0 saturated carbocycles. The van der Waals surface area contributed by atoms with E-state index in [1.807, 2.05) is 6.20 Å². The Balaban J connectivity index is 2.48. The van der Waals surface area contributed by atoms with Gasteiger partial charge in [0.05, 0.1) is 0 Å². The molecule has 0 saturated heterocycles. The Labute approximate surface area is 90.8 Å². The third kappa shape index (κ3) is 1.96. The minimum atomic E-state index is 1.01. The van der Waals surface area contributed by atoms with Crippen molar-refractivity contribution in [1.82, 2.24) is 4.98 Å². The number of aromatic nitrogens is 1.